The van der Waals surface area contributed by atoms with Gasteiger partial charge >= 0.3 is 7.75 Å². The van der Waals surface area contributed by atoms with Crippen LogP contribution >= 0.6 is 16.3 Å². The molecule has 3 unspecified atom stereocenters. The smallest absolute Gasteiger partial charge is 0.406 e. The number of imidazole rings is 2. The molecule has 10 rings (SSSR count). The summed E-state index contributed by atoms with van der Waals surface area (Å²) in [6.45, 7) is 23.3. The Morgan fingerprint density at radius 1 is 0.724 bits per heavy atom. The van der Waals surface area contributed by atoms with Gasteiger partial charge in [-0.25, -0.2) is 39.2 Å². The van der Waals surface area contributed by atoms with Gasteiger partial charge in [0.2, 0.25) is 0 Å². The first-order valence-corrected chi connectivity index (χ1v) is 38.7. The highest BCUT2D eigenvalue weighted by Crippen LogP contribution is 2.53. The molecule has 4 N–H and O–H groups in total. The average molecular weight is 1390 g/mol. The van der Waals surface area contributed by atoms with Gasteiger partial charge in [-0.15, -0.1) is 0 Å². The standard InChI is InChI=1S/C70H88N14O11P2Si/c1-45(2)53(85)39-56-77-64-60(66(87)78-56)76-44-83(64)67-48(7)57(80-70(50-29-19-14-20-30-50,51-31-21-15-22-32-51)52-33-23-16-24-34-52)55(93-67)41-92-97(88,91-38-26-36-72)81-58-54(40-90-96(89-37-25-35-71)84(46(3)4)47(5)6)94-68(61(58)95-98(11,12)69(8,9)10)82-43-75-59-62(73-42-74-63(59)82)79-65(86)49-27-17-13-18-28-49/h13-24,27-34,42-48,54-55,57-58,61,67-68,80H,25-26,37-41H2,1-12H3,(H,81,88)(H,77,78,87)(H,73,74,79,86)/t48-,54-,55-,57?,58-,61-,67-,68-,96?,97?/m1/s1. The molecule has 4 aromatic carbocycles. The fraction of sp³-hybridized carbons (Fsp3) is 0.457. The molecule has 0 saturated carbocycles. The number of nitrogens with one attached hydrogen (secondary N) is 4. The second kappa shape index (κ2) is 31.7. The number of aromatic amines is 1. The van der Waals surface area contributed by atoms with Gasteiger partial charge in [0, 0.05) is 35.5 Å². The summed E-state index contributed by atoms with van der Waals surface area (Å²) in [6, 6.07) is 41.1. The Bertz CT molecular complexity index is 4100. The van der Waals surface area contributed by atoms with E-state index in [1.165, 1.54) is 19.0 Å². The van der Waals surface area contributed by atoms with Gasteiger partial charge in [-0.1, -0.05) is 151 Å². The SMILES string of the molecule is CC(C)C(=O)Cc1nc2c(ncn2[C@@H]2O[C@H](COP(=O)(N[C@H]3[C@@H](O[Si](C)(C)C(C)(C)C)[C@H](n4cnc5c(NC(=O)c6ccccc6)ncnc54)O[C@@H]3COP(OCCC#N)N(C(C)C)C(C)C)OCCC#N)C(NC(c3ccccc3)(c3ccccc3)c3ccccc3)[C@H]2C)c(=O)[nH]1. The number of fused-ring (bicyclic) bond motifs is 2. The fourth-order valence-corrected chi connectivity index (χ4v) is 16.7. The minimum absolute atomic E-state index is 0.0384. The number of rotatable bonds is 31. The van der Waals surface area contributed by atoms with E-state index in [1.54, 1.807) is 47.2 Å². The van der Waals surface area contributed by atoms with Gasteiger partial charge in [0.05, 0.1) is 88.2 Å². The first kappa shape index (κ1) is 73.1. The maximum absolute atomic E-state index is 16.6. The van der Waals surface area contributed by atoms with E-state index in [0.717, 1.165) is 16.7 Å². The summed E-state index contributed by atoms with van der Waals surface area (Å²) in [5, 5.41) is 29.7. The molecule has 0 bridgehead atoms. The van der Waals surface area contributed by atoms with Gasteiger partial charge in [0.15, 0.2) is 42.7 Å². The highest BCUT2D eigenvalue weighted by Gasteiger charge is 2.55. The van der Waals surface area contributed by atoms with Crippen LogP contribution in [0.4, 0.5) is 5.82 Å². The van der Waals surface area contributed by atoms with E-state index in [2.05, 4.69) is 118 Å². The Labute approximate surface area is 574 Å². The van der Waals surface area contributed by atoms with Crippen molar-refractivity contribution in [2.75, 3.05) is 31.7 Å². The van der Waals surface area contributed by atoms with E-state index in [9.17, 15) is 24.9 Å². The molecule has 98 heavy (non-hydrogen) atoms. The fourth-order valence-electron chi connectivity index (χ4n) is 12.2. The van der Waals surface area contributed by atoms with E-state index >= 15 is 4.57 Å². The lowest BCUT2D eigenvalue weighted by atomic mass is 9.75. The van der Waals surface area contributed by atoms with Crippen molar-refractivity contribution in [3.63, 3.8) is 0 Å². The summed E-state index contributed by atoms with van der Waals surface area (Å²) >= 11 is 0. The van der Waals surface area contributed by atoms with E-state index in [-0.39, 0.29) is 96.8 Å². The van der Waals surface area contributed by atoms with Crippen molar-refractivity contribution < 1.29 is 46.1 Å². The lowest BCUT2D eigenvalue weighted by Crippen LogP contribution is -2.55. The second-order valence-electron chi connectivity index (χ2n) is 26.9. The van der Waals surface area contributed by atoms with Crippen LogP contribution in [0.1, 0.15) is 127 Å². The first-order valence-electron chi connectivity index (χ1n) is 33.1. The molecule has 28 heteroatoms. The number of anilines is 1. The summed E-state index contributed by atoms with van der Waals surface area (Å²) in [5.41, 5.74) is 2.23. The topological polar surface area (TPSA) is 310 Å². The Morgan fingerprint density at radius 3 is 1.85 bits per heavy atom. The predicted octanol–water partition coefficient (Wildman–Crippen LogP) is 12.1. The molecular formula is C70H88N14O11P2Si. The van der Waals surface area contributed by atoms with Crippen LogP contribution in [-0.2, 0) is 53.3 Å². The van der Waals surface area contributed by atoms with Crippen LogP contribution < -0.4 is 21.3 Å². The first-order chi connectivity index (χ1) is 46.9. The number of ketones is 1. The van der Waals surface area contributed by atoms with E-state index in [4.69, 9.17) is 46.9 Å². The zero-order valence-electron chi connectivity index (χ0n) is 57.4. The van der Waals surface area contributed by atoms with E-state index in [1.807, 2.05) is 95.3 Å². The van der Waals surface area contributed by atoms with Crippen molar-refractivity contribution in [2.24, 2.45) is 11.8 Å². The number of hydrogen-bond donors (Lipinski definition) is 4. The van der Waals surface area contributed by atoms with Crippen molar-refractivity contribution in [3.05, 3.63) is 179 Å². The quantitative estimate of drug-likeness (QED) is 0.0136. The van der Waals surface area contributed by atoms with Gasteiger partial charge in [-0.05, 0) is 74.7 Å². The molecule has 1 amide bonds. The molecule has 10 atom stereocenters. The number of hydrogen-bond acceptors (Lipinski definition) is 20. The van der Waals surface area contributed by atoms with Crippen molar-refractivity contribution in [1.82, 2.24) is 54.1 Å². The third-order valence-electron chi connectivity index (χ3n) is 18.2. The third kappa shape index (κ3) is 16.2. The molecule has 0 radical (unpaired) electrons. The summed E-state index contributed by atoms with van der Waals surface area (Å²) in [5.74, 6) is -1.06. The summed E-state index contributed by atoms with van der Waals surface area (Å²) in [4.78, 5) is 66.8. The molecule has 2 saturated heterocycles. The van der Waals surface area contributed by atoms with E-state index in [0.29, 0.717) is 5.56 Å². The van der Waals surface area contributed by atoms with Crippen molar-refractivity contribution in [2.45, 2.75) is 167 Å². The lowest BCUT2D eigenvalue weighted by molar-refractivity contribution is -0.121. The molecule has 2 aliphatic heterocycles. The highest BCUT2D eigenvalue weighted by molar-refractivity contribution is 7.51. The number of H-pyrrole nitrogens is 1. The maximum Gasteiger partial charge on any atom is 0.406 e. The molecule has 4 aromatic heterocycles. The largest absolute Gasteiger partial charge is 0.408 e. The Kier molecular flexibility index (Phi) is 23.7. The van der Waals surface area contributed by atoms with Gasteiger partial charge in [-0.2, -0.15) is 10.5 Å². The number of benzene rings is 4. The maximum atomic E-state index is 16.6. The van der Waals surface area contributed by atoms with Crippen LogP contribution in [0.2, 0.25) is 18.1 Å². The van der Waals surface area contributed by atoms with Crippen molar-refractivity contribution in [1.29, 1.82) is 10.5 Å². The predicted molar refractivity (Wildman–Crippen MR) is 374 cm³/mol. The molecule has 0 aliphatic carbocycles. The van der Waals surface area contributed by atoms with Crippen LogP contribution in [0.15, 0.2) is 145 Å². The summed E-state index contributed by atoms with van der Waals surface area (Å²) < 4.78 is 70.8. The van der Waals surface area contributed by atoms with Gasteiger partial charge in [0.25, 0.3) is 20.0 Å². The Morgan fingerprint density at radius 2 is 1.28 bits per heavy atom. The number of carbonyl (C=O) groups is 2. The molecule has 0 spiro atoms. The van der Waals surface area contributed by atoms with Crippen LogP contribution in [-0.4, -0.2) is 133 Å². The van der Waals surface area contributed by atoms with Crippen molar-refractivity contribution >= 4 is 64.4 Å². The monoisotopic (exact) mass is 1390 g/mol. The molecule has 518 valence electrons. The lowest BCUT2D eigenvalue weighted by Gasteiger charge is -2.42. The Balaban J connectivity index is 1.10. The Hall–Kier alpha value is -7.62. The number of ether oxygens (including phenoxy) is 2. The second-order valence-corrected chi connectivity index (χ2v) is 34.9. The number of Topliss-reactive ketones (excluding diaryl/α,β-unsaturated/α-hetero) is 1. The normalized spacial score (nSPS) is 20.9. The number of aromatic nitrogens is 8. The van der Waals surface area contributed by atoms with Crippen molar-refractivity contribution in [3.8, 4) is 12.1 Å². The molecule has 2 aliphatic rings. The highest BCUT2D eigenvalue weighted by atomic mass is 31.2. The van der Waals surface area contributed by atoms with Crippen LogP contribution in [0, 0.1) is 34.5 Å². The van der Waals surface area contributed by atoms with Gasteiger partial charge in [0.1, 0.15) is 36.4 Å². The third-order valence-corrected chi connectivity index (χ3v) is 26.3. The van der Waals surface area contributed by atoms with Gasteiger partial charge in [-0.3, -0.25) is 37.9 Å². The molecule has 25 nitrogen and oxygen atoms in total. The van der Waals surface area contributed by atoms with E-state index < -0.39 is 102 Å². The minimum Gasteiger partial charge on any atom is -0.408 e. The van der Waals surface area contributed by atoms with Crippen LogP contribution in [0.3, 0.4) is 0 Å². The molecule has 8 aromatic rings. The average Bonchev–Trinajstić information content (AvgIpc) is 1.47. The molecule has 6 heterocycles. The summed E-state index contributed by atoms with van der Waals surface area (Å²) in [7, 11) is -9.57. The molecular weight excluding hydrogens is 1300 g/mol. The van der Waals surface area contributed by atoms with Gasteiger partial charge < -0.3 is 33.2 Å². The zero-order valence-corrected chi connectivity index (χ0v) is 60.2. The number of amides is 1. The number of nitrogens with zero attached hydrogens (tertiary/aromatic N) is 10. The number of carbonyl (C=O) groups excluding carboxylic acids is 2. The van der Waals surface area contributed by atoms with Crippen LogP contribution in [0.5, 0.6) is 0 Å². The van der Waals surface area contributed by atoms with Crippen LogP contribution in [0.25, 0.3) is 22.3 Å². The molecule has 2 fully saturated rings. The summed E-state index contributed by atoms with van der Waals surface area (Å²) in [6.07, 6.45) is -1.00. The zero-order chi connectivity index (χ0) is 70.1. The minimum atomic E-state index is -4.77. The number of nitriles is 2.